The van der Waals surface area contributed by atoms with E-state index in [-0.39, 0.29) is 11.8 Å². The fraction of sp³-hybridized carbons (Fsp3) is 0.800. The number of piperazine rings is 1. The molecule has 1 saturated carbocycles. The number of rotatable bonds is 4. The lowest BCUT2D eigenvalue weighted by atomic mass is 10.3. The number of likely N-dealkylation sites (N-methyl/N-ethyl adjacent to an activating group) is 1. The van der Waals surface area contributed by atoms with Crippen LogP contribution in [0.4, 0.5) is 0 Å². The minimum atomic E-state index is -0.382. The largest absolute Gasteiger partial charge is 0.336 e. The van der Waals surface area contributed by atoms with E-state index in [1.165, 1.54) is 17.7 Å². The van der Waals surface area contributed by atoms with Gasteiger partial charge in [0.25, 0.3) is 0 Å². The number of nitrogens with one attached hydrogen (secondary N) is 1. The lowest BCUT2D eigenvalue weighted by Crippen LogP contribution is -2.54. The van der Waals surface area contributed by atoms with Gasteiger partial charge >= 0.3 is 11.8 Å². The first-order valence-electron chi connectivity index (χ1n) is 5.46. The smallest absolute Gasteiger partial charge is 0.312 e. The molecule has 1 aliphatic carbocycles. The van der Waals surface area contributed by atoms with Crippen LogP contribution in [0.25, 0.3) is 0 Å². The van der Waals surface area contributed by atoms with Gasteiger partial charge in [0.1, 0.15) is 0 Å². The van der Waals surface area contributed by atoms with Gasteiger partial charge in [0.2, 0.25) is 0 Å². The average molecular weight is 211 g/mol. The summed E-state index contributed by atoms with van der Waals surface area (Å²) in [5.41, 5.74) is 0. The van der Waals surface area contributed by atoms with Crippen molar-refractivity contribution in [1.29, 1.82) is 0 Å². The molecule has 0 aromatic rings. The van der Waals surface area contributed by atoms with Crippen molar-refractivity contribution in [3.8, 4) is 0 Å². The van der Waals surface area contributed by atoms with E-state index < -0.39 is 0 Å². The first-order chi connectivity index (χ1) is 7.18. The van der Waals surface area contributed by atoms with Crippen LogP contribution in [0.15, 0.2) is 0 Å². The maximum Gasteiger partial charge on any atom is 0.312 e. The fourth-order valence-corrected chi connectivity index (χ4v) is 1.68. The van der Waals surface area contributed by atoms with Crippen molar-refractivity contribution in [2.75, 3.05) is 33.2 Å². The average Bonchev–Trinajstić information content (AvgIpc) is 3.02. The van der Waals surface area contributed by atoms with Crippen LogP contribution in [0, 0.1) is 0 Å². The molecule has 5 nitrogen and oxygen atoms in total. The zero-order chi connectivity index (χ0) is 10.8. The summed E-state index contributed by atoms with van der Waals surface area (Å²) in [5.74, 6) is -0.742. The lowest BCUT2D eigenvalue weighted by molar-refractivity contribution is -0.154. The molecule has 1 heterocycles. The summed E-state index contributed by atoms with van der Waals surface area (Å²) in [6.45, 7) is 2.75. The van der Waals surface area contributed by atoms with E-state index in [2.05, 4.69) is 5.32 Å². The van der Waals surface area contributed by atoms with Crippen molar-refractivity contribution in [2.24, 2.45) is 0 Å². The van der Waals surface area contributed by atoms with Gasteiger partial charge in [0.15, 0.2) is 0 Å². The molecule has 2 rings (SSSR count). The summed E-state index contributed by atoms with van der Waals surface area (Å²) < 4.78 is 0. The summed E-state index contributed by atoms with van der Waals surface area (Å²) in [4.78, 5) is 26.0. The highest BCUT2D eigenvalue weighted by Crippen LogP contribution is 2.18. The van der Waals surface area contributed by atoms with E-state index in [9.17, 15) is 9.59 Å². The van der Waals surface area contributed by atoms with Gasteiger partial charge in [-0.25, -0.2) is 0 Å². The summed E-state index contributed by atoms with van der Waals surface area (Å²) in [6, 6.07) is 0.656. The van der Waals surface area contributed by atoms with Crippen LogP contribution in [0.3, 0.4) is 0 Å². The standard InChI is InChI=1S/C10H17N3O2/c1-12-6-7-13(10(15)9(12)14)5-4-11-8-2-3-8/h8,11H,2-7H2,1H3. The Kier molecular flexibility index (Phi) is 2.90. The van der Waals surface area contributed by atoms with E-state index in [0.717, 1.165) is 6.54 Å². The molecule has 0 bridgehead atoms. The van der Waals surface area contributed by atoms with Gasteiger partial charge in [-0.15, -0.1) is 0 Å². The number of nitrogens with zero attached hydrogens (tertiary/aromatic N) is 2. The lowest BCUT2D eigenvalue weighted by Gasteiger charge is -2.31. The molecule has 5 heteroatoms. The minimum Gasteiger partial charge on any atom is -0.336 e. The summed E-state index contributed by atoms with van der Waals surface area (Å²) in [5, 5.41) is 3.33. The highest BCUT2D eigenvalue weighted by atomic mass is 16.2. The molecular weight excluding hydrogens is 194 g/mol. The van der Waals surface area contributed by atoms with Crippen molar-refractivity contribution in [3.63, 3.8) is 0 Å². The Hall–Kier alpha value is -1.10. The van der Waals surface area contributed by atoms with E-state index in [0.29, 0.717) is 25.7 Å². The third-order valence-electron chi connectivity index (χ3n) is 2.91. The summed E-state index contributed by atoms with van der Waals surface area (Å²) in [6.07, 6.45) is 2.49. The predicted octanol–water partition coefficient (Wildman–Crippen LogP) is -0.961. The van der Waals surface area contributed by atoms with Crippen LogP contribution in [0.5, 0.6) is 0 Å². The first-order valence-corrected chi connectivity index (χ1v) is 5.46. The zero-order valence-electron chi connectivity index (χ0n) is 9.03. The van der Waals surface area contributed by atoms with E-state index >= 15 is 0 Å². The molecule has 0 aromatic carbocycles. The fourth-order valence-electron chi connectivity index (χ4n) is 1.68. The second-order valence-electron chi connectivity index (χ2n) is 4.25. The highest BCUT2D eigenvalue weighted by Gasteiger charge is 2.30. The van der Waals surface area contributed by atoms with Crippen LogP contribution < -0.4 is 5.32 Å². The molecule has 84 valence electrons. The zero-order valence-corrected chi connectivity index (χ0v) is 9.03. The monoisotopic (exact) mass is 211 g/mol. The molecule has 0 spiro atoms. The van der Waals surface area contributed by atoms with Crippen molar-refractivity contribution >= 4 is 11.8 Å². The Labute approximate surface area is 89.4 Å². The first kappa shape index (κ1) is 10.4. The molecule has 1 saturated heterocycles. The van der Waals surface area contributed by atoms with E-state index in [1.807, 2.05) is 0 Å². The molecule has 2 fully saturated rings. The minimum absolute atomic E-state index is 0.360. The topological polar surface area (TPSA) is 52.6 Å². The Morgan fingerprint density at radius 3 is 2.67 bits per heavy atom. The van der Waals surface area contributed by atoms with E-state index in [4.69, 9.17) is 0 Å². The van der Waals surface area contributed by atoms with Crippen LogP contribution in [0.2, 0.25) is 0 Å². The van der Waals surface area contributed by atoms with Gasteiger partial charge in [-0.05, 0) is 12.8 Å². The van der Waals surface area contributed by atoms with Crippen molar-refractivity contribution < 1.29 is 9.59 Å². The molecule has 1 N–H and O–H groups in total. The Bertz CT molecular complexity index is 276. The van der Waals surface area contributed by atoms with Gasteiger partial charge < -0.3 is 15.1 Å². The van der Waals surface area contributed by atoms with Gasteiger partial charge in [-0.3, -0.25) is 9.59 Å². The van der Waals surface area contributed by atoms with Crippen molar-refractivity contribution in [3.05, 3.63) is 0 Å². The number of hydrogen-bond donors (Lipinski definition) is 1. The molecule has 1 aliphatic heterocycles. The molecule has 2 aliphatic rings. The number of carbonyl (C=O) groups excluding carboxylic acids is 2. The highest BCUT2D eigenvalue weighted by molar-refractivity contribution is 6.35. The molecular formula is C10H17N3O2. The number of amides is 2. The second-order valence-corrected chi connectivity index (χ2v) is 4.25. The van der Waals surface area contributed by atoms with Crippen molar-refractivity contribution in [1.82, 2.24) is 15.1 Å². The second kappa shape index (κ2) is 4.18. The van der Waals surface area contributed by atoms with Gasteiger partial charge in [-0.1, -0.05) is 0 Å². The molecule has 0 aromatic heterocycles. The molecule has 0 atom stereocenters. The van der Waals surface area contributed by atoms with E-state index in [1.54, 1.807) is 11.9 Å². The Morgan fingerprint density at radius 1 is 1.27 bits per heavy atom. The number of carbonyl (C=O) groups is 2. The Morgan fingerprint density at radius 2 is 2.00 bits per heavy atom. The quantitative estimate of drug-likeness (QED) is 0.609. The van der Waals surface area contributed by atoms with Crippen LogP contribution in [-0.4, -0.2) is 60.9 Å². The normalized spacial score (nSPS) is 22.5. The Balaban J connectivity index is 1.76. The van der Waals surface area contributed by atoms with Crippen LogP contribution in [0.1, 0.15) is 12.8 Å². The van der Waals surface area contributed by atoms with Gasteiger partial charge in [-0.2, -0.15) is 0 Å². The molecule has 2 amide bonds. The third kappa shape index (κ3) is 2.47. The predicted molar refractivity (Wildman–Crippen MR) is 55.2 cm³/mol. The van der Waals surface area contributed by atoms with Gasteiger partial charge in [0, 0.05) is 39.3 Å². The maximum atomic E-state index is 11.5. The van der Waals surface area contributed by atoms with Crippen molar-refractivity contribution in [2.45, 2.75) is 18.9 Å². The van der Waals surface area contributed by atoms with Crippen LogP contribution in [-0.2, 0) is 9.59 Å². The summed E-state index contributed by atoms with van der Waals surface area (Å²) >= 11 is 0. The third-order valence-corrected chi connectivity index (χ3v) is 2.91. The molecule has 0 radical (unpaired) electrons. The van der Waals surface area contributed by atoms with Gasteiger partial charge in [0.05, 0.1) is 0 Å². The number of hydrogen-bond acceptors (Lipinski definition) is 3. The maximum absolute atomic E-state index is 11.5. The molecule has 0 unspecified atom stereocenters. The SMILES string of the molecule is CN1CCN(CCNC2CC2)C(=O)C1=O. The summed E-state index contributed by atoms with van der Waals surface area (Å²) in [7, 11) is 1.67. The van der Waals surface area contributed by atoms with Crippen LogP contribution >= 0.6 is 0 Å². The molecule has 15 heavy (non-hydrogen) atoms.